The number of anilines is 2. The number of para-hydroxylation sites is 1. The summed E-state index contributed by atoms with van der Waals surface area (Å²) in [6.45, 7) is 4.67. The van der Waals surface area contributed by atoms with Gasteiger partial charge in [-0.05, 0) is 132 Å². The largest absolute Gasteiger partial charge is 0.490 e. The van der Waals surface area contributed by atoms with Crippen LogP contribution >= 0.6 is 0 Å². The van der Waals surface area contributed by atoms with Gasteiger partial charge < -0.3 is 44.5 Å². The molecule has 2 amide bonds. The van der Waals surface area contributed by atoms with Crippen molar-refractivity contribution >= 4 is 35.1 Å². The topological polar surface area (TPSA) is 179 Å². The minimum Gasteiger partial charge on any atom is -0.490 e. The molecular weight excluding hydrogens is 841 g/mol. The lowest BCUT2D eigenvalue weighted by Gasteiger charge is -2.26. The average molecular weight is 883 g/mol. The predicted molar refractivity (Wildman–Crippen MR) is 248 cm³/mol. The van der Waals surface area contributed by atoms with Crippen molar-refractivity contribution in [2.45, 2.75) is 19.3 Å². The SMILES string of the molecule is C#COc1ccc(C(=O)Nc2ccc(Oc3ccc(C(C)(C)c4ccc(Oc5ccc(NC(=O)c6ccc(OCCOc7ccccc7)cc6C(=O)O)cc5)cc4)cc3)cc2)c(C(=O)O)c1. The number of carboxylic acid groups (broad SMARTS) is 2. The molecule has 0 heterocycles. The van der Waals surface area contributed by atoms with Gasteiger partial charge in [-0.1, -0.05) is 62.7 Å². The van der Waals surface area contributed by atoms with Gasteiger partial charge in [-0.2, -0.15) is 0 Å². The molecule has 330 valence electrons. The van der Waals surface area contributed by atoms with Gasteiger partial charge in [0.15, 0.2) is 0 Å². The summed E-state index contributed by atoms with van der Waals surface area (Å²) >= 11 is 0. The van der Waals surface area contributed by atoms with Crippen LogP contribution in [0, 0.1) is 12.5 Å². The van der Waals surface area contributed by atoms with E-state index in [1.807, 2.05) is 85.0 Å². The molecule has 0 saturated carbocycles. The van der Waals surface area contributed by atoms with E-state index in [1.54, 1.807) is 54.6 Å². The molecule has 7 aromatic carbocycles. The molecule has 0 fully saturated rings. The maximum atomic E-state index is 13.2. The monoisotopic (exact) mass is 882 g/mol. The third-order valence-corrected chi connectivity index (χ3v) is 10.3. The van der Waals surface area contributed by atoms with Gasteiger partial charge in [0.05, 0.1) is 22.3 Å². The summed E-state index contributed by atoms with van der Waals surface area (Å²) in [5.41, 5.74) is 2.07. The number of nitrogens with one attached hydrogen (secondary N) is 2. The molecule has 0 unspecified atom stereocenters. The molecule has 0 aliphatic heterocycles. The molecule has 66 heavy (non-hydrogen) atoms. The number of aromatic carboxylic acids is 2. The van der Waals surface area contributed by atoms with E-state index >= 15 is 0 Å². The Hall–Kier alpha value is -9.02. The quantitative estimate of drug-likeness (QED) is 0.0476. The van der Waals surface area contributed by atoms with Crippen molar-refractivity contribution in [3.8, 4) is 52.8 Å². The molecule has 0 radical (unpaired) electrons. The fourth-order valence-electron chi connectivity index (χ4n) is 6.78. The van der Waals surface area contributed by atoms with Crippen molar-refractivity contribution in [2.75, 3.05) is 23.8 Å². The number of hydrogen-bond donors (Lipinski definition) is 4. The van der Waals surface area contributed by atoms with Crippen LogP contribution in [0.1, 0.15) is 66.4 Å². The van der Waals surface area contributed by atoms with Crippen molar-refractivity contribution in [3.63, 3.8) is 0 Å². The number of rotatable bonds is 18. The van der Waals surface area contributed by atoms with Gasteiger partial charge in [-0.15, -0.1) is 0 Å². The molecule has 0 saturated heterocycles. The first kappa shape index (κ1) is 45.0. The highest BCUT2D eigenvalue weighted by Gasteiger charge is 2.24. The lowest BCUT2D eigenvalue weighted by Crippen LogP contribution is -2.18. The third kappa shape index (κ3) is 11.3. The zero-order valence-electron chi connectivity index (χ0n) is 35.6. The zero-order valence-corrected chi connectivity index (χ0v) is 35.6. The number of terminal acetylenes is 1. The number of carbonyl (C=O) groups excluding carboxylic acids is 2. The van der Waals surface area contributed by atoms with Crippen molar-refractivity contribution in [1.82, 2.24) is 0 Å². The van der Waals surface area contributed by atoms with Crippen LogP contribution in [0.3, 0.4) is 0 Å². The Morgan fingerprint density at radius 2 is 0.864 bits per heavy atom. The van der Waals surface area contributed by atoms with Crippen molar-refractivity contribution < 1.29 is 53.1 Å². The van der Waals surface area contributed by atoms with Gasteiger partial charge in [0.1, 0.15) is 59.6 Å². The van der Waals surface area contributed by atoms with E-state index < -0.39 is 23.8 Å². The van der Waals surface area contributed by atoms with E-state index in [1.165, 1.54) is 30.3 Å². The fraction of sp³-hybridized carbons (Fsp3) is 0.0943. The average Bonchev–Trinajstić information content (AvgIpc) is 3.32. The Labute approximate surface area is 380 Å². The Kier molecular flexibility index (Phi) is 13.9. The minimum absolute atomic E-state index is 0.0193. The lowest BCUT2D eigenvalue weighted by molar-refractivity contribution is 0.0683. The van der Waals surface area contributed by atoms with E-state index in [4.69, 9.17) is 30.1 Å². The molecule has 13 heteroatoms. The first-order valence-corrected chi connectivity index (χ1v) is 20.4. The zero-order chi connectivity index (χ0) is 46.6. The normalized spacial score (nSPS) is 10.7. The molecular formula is C53H42N2O11. The molecule has 0 aromatic heterocycles. The first-order valence-electron chi connectivity index (χ1n) is 20.4. The van der Waals surface area contributed by atoms with Crippen LogP contribution in [0.4, 0.5) is 11.4 Å². The number of benzene rings is 7. The molecule has 7 rings (SSSR count). The van der Waals surface area contributed by atoms with E-state index in [2.05, 4.69) is 24.5 Å². The molecule has 0 aliphatic carbocycles. The summed E-state index contributed by atoms with van der Waals surface area (Å²) < 4.78 is 28.3. The number of hydrogen-bond acceptors (Lipinski definition) is 9. The van der Waals surface area contributed by atoms with Crippen molar-refractivity contribution in [1.29, 1.82) is 0 Å². The van der Waals surface area contributed by atoms with Gasteiger partial charge in [0, 0.05) is 16.8 Å². The summed E-state index contributed by atoms with van der Waals surface area (Å²) in [6.07, 6.45) is 7.10. The standard InChI is InChI=1S/C53H42N2O11/c1-4-62-43-26-28-45(47(32-43)51(58)59)49(56)54-36-14-22-41(23-15-36)65-39-18-10-34(11-19-39)53(2,3)35-12-20-40(21-13-35)66-42-24-16-37(17-25-42)55-50(57)46-29-27-44(33-48(46)52(60)61)64-31-30-63-38-8-6-5-7-9-38/h1,5-29,32-33H,30-31H2,2-3H3,(H,54,56)(H,55,57)(H,58,59)(H,60,61). The first-order chi connectivity index (χ1) is 31.9. The second kappa shape index (κ2) is 20.4. The maximum absolute atomic E-state index is 13.2. The molecule has 13 nitrogen and oxygen atoms in total. The Balaban J connectivity index is 0.899. The highest BCUT2D eigenvalue weighted by Crippen LogP contribution is 2.35. The van der Waals surface area contributed by atoms with E-state index in [0.717, 1.165) is 11.1 Å². The lowest BCUT2D eigenvalue weighted by atomic mass is 9.78. The number of carbonyl (C=O) groups is 4. The summed E-state index contributed by atoms with van der Waals surface area (Å²) in [5, 5.41) is 24.9. The second-order valence-electron chi connectivity index (χ2n) is 15.1. The van der Waals surface area contributed by atoms with Crippen LogP contribution in [0.2, 0.25) is 0 Å². The Bertz CT molecular complexity index is 2890. The molecule has 0 spiro atoms. The van der Waals surface area contributed by atoms with E-state index in [0.29, 0.717) is 45.9 Å². The second-order valence-corrected chi connectivity index (χ2v) is 15.1. The van der Waals surface area contributed by atoms with E-state index in [9.17, 15) is 29.4 Å². The Morgan fingerprint density at radius 1 is 0.485 bits per heavy atom. The fourth-order valence-corrected chi connectivity index (χ4v) is 6.78. The Morgan fingerprint density at radius 3 is 1.29 bits per heavy atom. The van der Waals surface area contributed by atoms with Crippen LogP contribution in [-0.4, -0.2) is 47.2 Å². The van der Waals surface area contributed by atoms with Crippen LogP contribution in [0.5, 0.6) is 40.2 Å². The minimum atomic E-state index is -1.30. The molecule has 4 N–H and O–H groups in total. The van der Waals surface area contributed by atoms with Crippen LogP contribution in [0.15, 0.2) is 164 Å². The van der Waals surface area contributed by atoms with Crippen molar-refractivity contribution in [2.24, 2.45) is 0 Å². The van der Waals surface area contributed by atoms with Gasteiger partial charge in [0.25, 0.3) is 11.8 Å². The number of ether oxygens (including phenoxy) is 5. The maximum Gasteiger partial charge on any atom is 0.336 e. The van der Waals surface area contributed by atoms with E-state index in [-0.39, 0.29) is 46.6 Å². The van der Waals surface area contributed by atoms with Crippen molar-refractivity contribution in [3.05, 3.63) is 197 Å². The summed E-state index contributed by atoms with van der Waals surface area (Å²) in [7, 11) is 0. The summed E-state index contributed by atoms with van der Waals surface area (Å²) in [5.74, 6) is -0.371. The highest BCUT2D eigenvalue weighted by atomic mass is 16.5. The van der Waals surface area contributed by atoms with Gasteiger partial charge >= 0.3 is 11.9 Å². The molecule has 0 bridgehead atoms. The third-order valence-electron chi connectivity index (χ3n) is 10.3. The molecule has 0 aliphatic rings. The van der Waals surface area contributed by atoms with Gasteiger partial charge in [-0.3, -0.25) is 9.59 Å². The van der Waals surface area contributed by atoms with Gasteiger partial charge in [0.2, 0.25) is 0 Å². The van der Waals surface area contributed by atoms with Crippen LogP contribution in [-0.2, 0) is 5.41 Å². The molecule has 7 aromatic rings. The van der Waals surface area contributed by atoms with Gasteiger partial charge in [-0.25, -0.2) is 9.59 Å². The van der Waals surface area contributed by atoms with Crippen LogP contribution in [0.25, 0.3) is 0 Å². The number of carboxylic acids is 2. The number of amides is 2. The summed E-state index contributed by atoms with van der Waals surface area (Å²) in [6, 6.07) is 46.3. The molecule has 0 atom stereocenters. The summed E-state index contributed by atoms with van der Waals surface area (Å²) in [4.78, 5) is 49.9. The predicted octanol–water partition coefficient (Wildman–Crippen LogP) is 10.9. The smallest absolute Gasteiger partial charge is 0.336 e. The highest BCUT2D eigenvalue weighted by molar-refractivity contribution is 6.11. The van der Waals surface area contributed by atoms with Crippen LogP contribution < -0.4 is 34.3 Å².